The van der Waals surface area contributed by atoms with E-state index in [1.54, 1.807) is 0 Å². The van der Waals surface area contributed by atoms with Crippen molar-refractivity contribution in [2.75, 3.05) is 6.61 Å². The number of phenolic OH excluding ortho intramolecular Hbond substituents is 1. The summed E-state index contributed by atoms with van der Waals surface area (Å²) in [6.45, 7) is 0.114. The van der Waals surface area contributed by atoms with Crippen LogP contribution in [0.1, 0.15) is 41.6 Å². The third kappa shape index (κ3) is 2.74. The van der Waals surface area contributed by atoms with Crippen molar-refractivity contribution >= 4 is 10.8 Å². The fourth-order valence-electron chi connectivity index (χ4n) is 5.86. The lowest BCUT2D eigenvalue weighted by Gasteiger charge is -2.37. The Morgan fingerprint density at radius 1 is 0.742 bits per heavy atom. The standard InChI is InChI=1S/C28H25NO2/c30-17-19-14-15-25(27-20-8-2-1-7-18(20)13-16-26(27)31)29(19)28-23-11-5-3-9-21(23)22-10-4-6-12-24(22)28/h1-13,16,19,25,28,30-31H,14-15,17H2. The summed E-state index contributed by atoms with van der Waals surface area (Å²) in [4.78, 5) is 2.46. The van der Waals surface area contributed by atoms with Gasteiger partial charge in [-0.05, 0) is 51.9 Å². The SMILES string of the molecule is OCC1CCC(c2c(O)ccc3ccccc23)N1C1c2ccccc2-c2ccccc21. The molecule has 1 fully saturated rings. The third-order valence-electron chi connectivity index (χ3n) is 7.15. The number of aromatic hydroxyl groups is 1. The van der Waals surface area contributed by atoms with E-state index in [-0.39, 0.29) is 24.7 Å². The van der Waals surface area contributed by atoms with E-state index in [4.69, 9.17) is 0 Å². The number of hydrogen-bond donors (Lipinski definition) is 2. The molecule has 1 saturated heterocycles. The van der Waals surface area contributed by atoms with Crippen molar-refractivity contribution < 1.29 is 10.2 Å². The fourth-order valence-corrected chi connectivity index (χ4v) is 5.86. The summed E-state index contributed by atoms with van der Waals surface area (Å²) in [6.07, 6.45) is 1.82. The summed E-state index contributed by atoms with van der Waals surface area (Å²) in [5.41, 5.74) is 6.10. The highest BCUT2D eigenvalue weighted by Crippen LogP contribution is 2.54. The van der Waals surface area contributed by atoms with Gasteiger partial charge in [0.15, 0.2) is 0 Å². The Labute approximate surface area is 182 Å². The molecule has 2 unspecified atom stereocenters. The van der Waals surface area contributed by atoms with Gasteiger partial charge in [-0.1, -0.05) is 78.9 Å². The summed E-state index contributed by atoms with van der Waals surface area (Å²) < 4.78 is 0. The van der Waals surface area contributed by atoms with Gasteiger partial charge in [0.05, 0.1) is 12.6 Å². The maximum absolute atomic E-state index is 11.0. The van der Waals surface area contributed by atoms with Crippen molar-refractivity contribution in [1.29, 1.82) is 0 Å². The first kappa shape index (κ1) is 18.6. The number of likely N-dealkylation sites (tertiary alicyclic amines) is 1. The van der Waals surface area contributed by atoms with E-state index in [2.05, 4.69) is 65.6 Å². The molecular formula is C28H25NO2. The van der Waals surface area contributed by atoms with Crippen LogP contribution in [-0.4, -0.2) is 27.8 Å². The molecule has 1 heterocycles. The van der Waals surface area contributed by atoms with Gasteiger partial charge in [-0.3, -0.25) is 4.90 Å². The Hall–Kier alpha value is -3.14. The Morgan fingerprint density at radius 2 is 1.39 bits per heavy atom. The molecule has 2 N–H and O–H groups in total. The van der Waals surface area contributed by atoms with Crippen LogP contribution in [0.3, 0.4) is 0 Å². The van der Waals surface area contributed by atoms with Crippen molar-refractivity contribution in [3.63, 3.8) is 0 Å². The molecule has 154 valence electrons. The number of phenols is 1. The zero-order chi connectivity index (χ0) is 20.9. The number of aliphatic hydroxyl groups is 1. The third-order valence-corrected chi connectivity index (χ3v) is 7.15. The van der Waals surface area contributed by atoms with Crippen molar-refractivity contribution in [3.8, 4) is 16.9 Å². The molecule has 0 radical (unpaired) electrons. The quantitative estimate of drug-likeness (QED) is 0.450. The number of aliphatic hydroxyl groups excluding tert-OH is 1. The first-order chi connectivity index (χ1) is 15.3. The van der Waals surface area contributed by atoms with Crippen LogP contribution in [0.5, 0.6) is 5.75 Å². The van der Waals surface area contributed by atoms with Gasteiger partial charge in [0.1, 0.15) is 5.75 Å². The van der Waals surface area contributed by atoms with E-state index in [9.17, 15) is 10.2 Å². The van der Waals surface area contributed by atoms with Gasteiger partial charge in [0.25, 0.3) is 0 Å². The summed E-state index contributed by atoms with van der Waals surface area (Å²) in [5, 5.41) is 23.6. The lowest BCUT2D eigenvalue weighted by Crippen LogP contribution is -2.37. The van der Waals surface area contributed by atoms with Gasteiger partial charge in [-0.25, -0.2) is 0 Å². The second-order valence-electron chi connectivity index (χ2n) is 8.67. The Bertz CT molecular complexity index is 1240. The molecule has 0 saturated carbocycles. The van der Waals surface area contributed by atoms with Crippen LogP contribution in [-0.2, 0) is 0 Å². The lowest BCUT2D eigenvalue weighted by molar-refractivity contribution is 0.101. The Kier molecular flexibility index (Phi) is 4.34. The molecule has 1 aliphatic heterocycles. The van der Waals surface area contributed by atoms with Gasteiger partial charge < -0.3 is 10.2 Å². The molecule has 0 spiro atoms. The lowest BCUT2D eigenvalue weighted by atomic mass is 9.94. The molecule has 2 atom stereocenters. The molecule has 0 bridgehead atoms. The second kappa shape index (κ2) is 7.23. The smallest absolute Gasteiger partial charge is 0.121 e. The first-order valence-electron chi connectivity index (χ1n) is 11.0. The topological polar surface area (TPSA) is 43.7 Å². The normalized spacial score (nSPS) is 20.8. The number of hydrogen-bond acceptors (Lipinski definition) is 3. The summed E-state index contributed by atoms with van der Waals surface area (Å²) in [6, 6.07) is 29.4. The average Bonchev–Trinajstić information content (AvgIpc) is 3.37. The van der Waals surface area contributed by atoms with E-state index in [1.807, 2.05) is 24.3 Å². The van der Waals surface area contributed by atoms with E-state index in [0.29, 0.717) is 5.75 Å². The van der Waals surface area contributed by atoms with Crippen LogP contribution in [0.2, 0.25) is 0 Å². The Balaban J connectivity index is 1.57. The molecule has 4 aromatic rings. The molecule has 1 aliphatic carbocycles. The van der Waals surface area contributed by atoms with Crippen LogP contribution in [0, 0.1) is 0 Å². The monoisotopic (exact) mass is 407 g/mol. The summed E-state index contributed by atoms with van der Waals surface area (Å²) in [7, 11) is 0. The van der Waals surface area contributed by atoms with E-state index in [0.717, 1.165) is 29.2 Å². The zero-order valence-electron chi connectivity index (χ0n) is 17.3. The summed E-state index contributed by atoms with van der Waals surface area (Å²) >= 11 is 0. The summed E-state index contributed by atoms with van der Waals surface area (Å²) in [5.74, 6) is 0.340. The highest BCUT2D eigenvalue weighted by molar-refractivity contribution is 5.88. The van der Waals surface area contributed by atoms with Crippen LogP contribution < -0.4 is 0 Å². The predicted molar refractivity (Wildman–Crippen MR) is 124 cm³/mol. The minimum absolute atomic E-state index is 0.0347. The molecule has 6 rings (SSSR count). The largest absolute Gasteiger partial charge is 0.508 e. The molecular weight excluding hydrogens is 382 g/mol. The van der Waals surface area contributed by atoms with Crippen molar-refractivity contribution in [2.24, 2.45) is 0 Å². The molecule has 0 amide bonds. The highest BCUT2D eigenvalue weighted by atomic mass is 16.3. The molecule has 2 aliphatic rings. The Morgan fingerprint density at radius 3 is 2.10 bits per heavy atom. The predicted octanol–water partition coefficient (Wildman–Crippen LogP) is 5.81. The maximum atomic E-state index is 11.0. The minimum atomic E-state index is 0.0347. The highest BCUT2D eigenvalue weighted by Gasteiger charge is 2.44. The van der Waals surface area contributed by atoms with Gasteiger partial charge in [0, 0.05) is 17.6 Å². The molecule has 0 aromatic heterocycles. The van der Waals surface area contributed by atoms with Crippen molar-refractivity contribution in [1.82, 2.24) is 4.90 Å². The van der Waals surface area contributed by atoms with Crippen LogP contribution in [0.4, 0.5) is 0 Å². The van der Waals surface area contributed by atoms with E-state index >= 15 is 0 Å². The van der Waals surface area contributed by atoms with Gasteiger partial charge in [-0.2, -0.15) is 0 Å². The van der Waals surface area contributed by atoms with Crippen molar-refractivity contribution in [3.05, 3.63) is 102 Å². The molecule has 3 heteroatoms. The van der Waals surface area contributed by atoms with E-state index < -0.39 is 0 Å². The maximum Gasteiger partial charge on any atom is 0.121 e. The van der Waals surface area contributed by atoms with Crippen LogP contribution >= 0.6 is 0 Å². The molecule has 3 nitrogen and oxygen atoms in total. The average molecular weight is 408 g/mol. The number of nitrogens with zero attached hydrogens (tertiary/aromatic N) is 1. The number of benzene rings is 4. The zero-order valence-corrected chi connectivity index (χ0v) is 17.3. The van der Waals surface area contributed by atoms with Gasteiger partial charge in [-0.15, -0.1) is 0 Å². The number of rotatable bonds is 3. The molecule has 4 aromatic carbocycles. The van der Waals surface area contributed by atoms with E-state index in [1.165, 1.54) is 22.3 Å². The fraction of sp³-hybridized carbons (Fsp3) is 0.214. The minimum Gasteiger partial charge on any atom is -0.508 e. The molecule has 31 heavy (non-hydrogen) atoms. The van der Waals surface area contributed by atoms with Crippen LogP contribution in [0.25, 0.3) is 21.9 Å². The van der Waals surface area contributed by atoms with Gasteiger partial charge in [0.2, 0.25) is 0 Å². The number of fused-ring (bicyclic) bond motifs is 4. The second-order valence-corrected chi connectivity index (χ2v) is 8.67. The van der Waals surface area contributed by atoms with Crippen molar-refractivity contribution in [2.45, 2.75) is 31.0 Å². The van der Waals surface area contributed by atoms with Gasteiger partial charge >= 0.3 is 0 Å². The first-order valence-corrected chi connectivity index (χ1v) is 11.0. The van der Waals surface area contributed by atoms with Crippen LogP contribution in [0.15, 0.2) is 84.9 Å².